The summed E-state index contributed by atoms with van der Waals surface area (Å²) in [5.74, 6) is -0.0296. The topological polar surface area (TPSA) is 93.7 Å². The normalized spacial score (nSPS) is 14.4. The third-order valence-electron chi connectivity index (χ3n) is 7.99. The standard InChI is InChI=1S/C38H34N2O5S2/c1-44-38(43)34-31-21-20-27(25-12-5-2-6-13-25)22-32(31)47-37(34)40-36(42)35(26-14-7-3-8-15-26)46-30-19-11-16-28(23-30)39-33(41)24-45-29-17-9-4-10-18-29/h2-19,23,27,35H,20-22,24H2,1H3,(H,39,41)(H,40,42). The Labute approximate surface area is 282 Å². The number of rotatable bonds is 11. The van der Waals surface area contributed by atoms with Crippen molar-refractivity contribution in [2.24, 2.45) is 0 Å². The quantitative estimate of drug-likeness (QED) is 0.109. The third-order valence-corrected chi connectivity index (χ3v) is 10.4. The van der Waals surface area contributed by atoms with E-state index in [9.17, 15) is 14.4 Å². The van der Waals surface area contributed by atoms with Crippen molar-refractivity contribution >= 4 is 51.6 Å². The van der Waals surface area contributed by atoms with E-state index in [1.165, 1.54) is 35.8 Å². The van der Waals surface area contributed by atoms with Gasteiger partial charge in [0.1, 0.15) is 16.0 Å². The smallest absolute Gasteiger partial charge is 0.341 e. The summed E-state index contributed by atoms with van der Waals surface area (Å²) in [6, 6.07) is 36.5. The zero-order chi connectivity index (χ0) is 32.6. The van der Waals surface area contributed by atoms with Crippen LogP contribution in [0.3, 0.4) is 0 Å². The number of benzene rings is 4. The van der Waals surface area contributed by atoms with Crippen molar-refractivity contribution in [3.8, 4) is 5.75 Å². The first-order chi connectivity index (χ1) is 23.0. The fourth-order valence-corrected chi connectivity index (χ4v) is 8.13. The van der Waals surface area contributed by atoms with Crippen molar-refractivity contribution in [3.05, 3.63) is 142 Å². The van der Waals surface area contributed by atoms with Crippen LogP contribution < -0.4 is 15.4 Å². The number of amides is 2. The minimum absolute atomic E-state index is 0.129. The van der Waals surface area contributed by atoms with Crippen molar-refractivity contribution in [3.63, 3.8) is 0 Å². The van der Waals surface area contributed by atoms with Gasteiger partial charge >= 0.3 is 5.97 Å². The molecule has 4 aromatic carbocycles. The second kappa shape index (κ2) is 15.2. The summed E-state index contributed by atoms with van der Waals surface area (Å²) in [6.07, 6.45) is 2.45. The van der Waals surface area contributed by atoms with Gasteiger partial charge in [-0.3, -0.25) is 9.59 Å². The molecule has 9 heteroatoms. The Balaban J connectivity index is 1.21. The highest BCUT2D eigenvalue weighted by Crippen LogP contribution is 2.44. The number of fused-ring (bicyclic) bond motifs is 1. The summed E-state index contributed by atoms with van der Waals surface area (Å²) in [4.78, 5) is 41.7. The molecule has 0 bridgehead atoms. The predicted octanol–water partition coefficient (Wildman–Crippen LogP) is 8.30. The molecule has 7 nitrogen and oxygen atoms in total. The second-order valence-corrected chi connectivity index (χ2v) is 13.4. The van der Waals surface area contributed by atoms with E-state index in [0.717, 1.165) is 40.2 Å². The van der Waals surface area contributed by atoms with E-state index in [2.05, 4.69) is 34.9 Å². The molecule has 5 aromatic rings. The first kappa shape index (κ1) is 32.1. The number of hydrogen-bond donors (Lipinski definition) is 2. The second-order valence-electron chi connectivity index (χ2n) is 11.1. The molecule has 0 spiro atoms. The minimum atomic E-state index is -0.634. The number of para-hydroxylation sites is 1. The van der Waals surface area contributed by atoms with Gasteiger partial charge in [-0.15, -0.1) is 23.1 Å². The molecule has 0 aliphatic heterocycles. The molecule has 0 saturated heterocycles. The van der Waals surface area contributed by atoms with Crippen LogP contribution in [-0.4, -0.2) is 31.5 Å². The van der Waals surface area contributed by atoms with Gasteiger partial charge in [-0.25, -0.2) is 4.79 Å². The molecular formula is C38H34N2O5S2. The number of thiophene rings is 1. The minimum Gasteiger partial charge on any atom is -0.484 e. The summed E-state index contributed by atoms with van der Waals surface area (Å²) in [7, 11) is 1.37. The molecule has 2 atom stereocenters. The van der Waals surface area contributed by atoms with Crippen LogP contribution >= 0.6 is 23.1 Å². The van der Waals surface area contributed by atoms with Crippen LogP contribution in [0.5, 0.6) is 5.75 Å². The summed E-state index contributed by atoms with van der Waals surface area (Å²) >= 11 is 2.83. The zero-order valence-corrected chi connectivity index (χ0v) is 27.4. The fourth-order valence-electron chi connectivity index (χ4n) is 5.73. The van der Waals surface area contributed by atoms with Crippen LogP contribution in [0.1, 0.15) is 49.5 Å². The van der Waals surface area contributed by atoms with Crippen molar-refractivity contribution < 1.29 is 23.9 Å². The van der Waals surface area contributed by atoms with Crippen molar-refractivity contribution in [2.75, 3.05) is 24.4 Å². The number of hydrogen-bond acceptors (Lipinski definition) is 7. The average Bonchev–Trinajstić information content (AvgIpc) is 3.47. The lowest BCUT2D eigenvalue weighted by molar-refractivity contribution is -0.118. The number of methoxy groups -OCH3 is 1. The van der Waals surface area contributed by atoms with Crippen LogP contribution in [0.25, 0.3) is 0 Å². The fraction of sp³-hybridized carbons (Fsp3) is 0.184. The number of anilines is 2. The van der Waals surface area contributed by atoms with Gasteiger partial charge in [0, 0.05) is 15.5 Å². The Morgan fingerprint density at radius 3 is 2.30 bits per heavy atom. The van der Waals surface area contributed by atoms with Crippen molar-refractivity contribution in [1.82, 2.24) is 0 Å². The number of thioether (sulfide) groups is 1. The van der Waals surface area contributed by atoms with E-state index in [1.807, 2.05) is 72.8 Å². The molecule has 1 aromatic heterocycles. The lowest BCUT2D eigenvalue weighted by Crippen LogP contribution is -2.21. The van der Waals surface area contributed by atoms with E-state index < -0.39 is 11.2 Å². The van der Waals surface area contributed by atoms with Crippen LogP contribution in [0.4, 0.5) is 10.7 Å². The first-order valence-corrected chi connectivity index (χ1v) is 17.1. The van der Waals surface area contributed by atoms with Gasteiger partial charge in [-0.2, -0.15) is 0 Å². The summed E-state index contributed by atoms with van der Waals surface area (Å²) in [5, 5.41) is 5.87. The molecule has 238 valence electrons. The van der Waals surface area contributed by atoms with Gasteiger partial charge < -0.3 is 20.1 Å². The maximum Gasteiger partial charge on any atom is 0.341 e. The molecule has 0 saturated carbocycles. The van der Waals surface area contributed by atoms with Crippen molar-refractivity contribution in [1.29, 1.82) is 0 Å². The third kappa shape index (κ3) is 7.93. The predicted molar refractivity (Wildman–Crippen MR) is 188 cm³/mol. The summed E-state index contributed by atoms with van der Waals surface area (Å²) in [6.45, 7) is -0.129. The molecular weight excluding hydrogens is 629 g/mol. The lowest BCUT2D eigenvalue weighted by atomic mass is 9.83. The SMILES string of the molecule is COC(=O)c1c(NC(=O)C(Sc2cccc(NC(=O)COc3ccccc3)c2)c2ccccc2)sc2c1CCC(c1ccccc1)C2. The molecule has 6 rings (SSSR count). The molecule has 2 N–H and O–H groups in total. The largest absolute Gasteiger partial charge is 0.484 e. The molecule has 2 unspecified atom stereocenters. The summed E-state index contributed by atoms with van der Waals surface area (Å²) in [5.41, 5.74) is 4.10. The maximum absolute atomic E-state index is 14.1. The molecule has 1 aliphatic carbocycles. The number of esters is 1. The number of ether oxygens (including phenoxy) is 2. The Kier molecular flexibility index (Phi) is 10.3. The number of nitrogens with one attached hydrogen (secondary N) is 2. The van der Waals surface area contributed by atoms with Gasteiger partial charge in [0.2, 0.25) is 5.91 Å². The van der Waals surface area contributed by atoms with Gasteiger partial charge in [0.15, 0.2) is 6.61 Å². The summed E-state index contributed by atoms with van der Waals surface area (Å²) < 4.78 is 10.8. The van der Waals surface area contributed by atoms with E-state index in [1.54, 1.807) is 18.2 Å². The van der Waals surface area contributed by atoms with E-state index in [4.69, 9.17) is 9.47 Å². The monoisotopic (exact) mass is 662 g/mol. The van der Waals surface area contributed by atoms with Crippen LogP contribution in [0, 0.1) is 0 Å². The highest BCUT2D eigenvalue weighted by molar-refractivity contribution is 8.00. The molecule has 1 aliphatic rings. The van der Waals surface area contributed by atoms with Gasteiger partial charge in [0.05, 0.1) is 12.7 Å². The highest BCUT2D eigenvalue weighted by atomic mass is 32.2. The van der Waals surface area contributed by atoms with Gasteiger partial charge in [0.25, 0.3) is 5.91 Å². The van der Waals surface area contributed by atoms with E-state index >= 15 is 0 Å². The number of carbonyl (C=O) groups excluding carboxylic acids is 3. The Morgan fingerprint density at radius 2 is 1.57 bits per heavy atom. The first-order valence-electron chi connectivity index (χ1n) is 15.4. The van der Waals surface area contributed by atoms with Crippen molar-refractivity contribution in [2.45, 2.75) is 35.3 Å². The van der Waals surface area contributed by atoms with E-state index in [0.29, 0.717) is 27.9 Å². The lowest BCUT2D eigenvalue weighted by Gasteiger charge is -2.22. The zero-order valence-electron chi connectivity index (χ0n) is 25.8. The Hall–Kier alpha value is -4.86. The maximum atomic E-state index is 14.1. The van der Waals surface area contributed by atoms with Crippen LogP contribution in [0.2, 0.25) is 0 Å². The average molecular weight is 663 g/mol. The van der Waals surface area contributed by atoms with Gasteiger partial charge in [-0.1, -0.05) is 84.9 Å². The van der Waals surface area contributed by atoms with Crippen LogP contribution in [0.15, 0.2) is 120 Å². The Morgan fingerprint density at radius 1 is 0.872 bits per heavy atom. The Bertz CT molecular complexity index is 1840. The molecule has 47 heavy (non-hydrogen) atoms. The molecule has 0 radical (unpaired) electrons. The number of carbonyl (C=O) groups is 3. The molecule has 0 fully saturated rings. The molecule has 2 amide bonds. The van der Waals surface area contributed by atoms with E-state index in [-0.39, 0.29) is 18.4 Å². The van der Waals surface area contributed by atoms with Gasteiger partial charge in [-0.05, 0) is 72.2 Å². The highest BCUT2D eigenvalue weighted by Gasteiger charge is 2.32. The van der Waals surface area contributed by atoms with Crippen LogP contribution in [-0.2, 0) is 27.2 Å². The molecule has 1 heterocycles.